The highest BCUT2D eigenvalue weighted by Gasteiger charge is 2.32. The van der Waals surface area contributed by atoms with Crippen molar-refractivity contribution in [3.05, 3.63) is 0 Å². The minimum Gasteiger partial charge on any atom is -0.469 e. The van der Waals surface area contributed by atoms with E-state index in [1.165, 1.54) is 7.11 Å². The van der Waals surface area contributed by atoms with Gasteiger partial charge < -0.3 is 9.47 Å². The number of hydrogen-bond acceptors (Lipinski definition) is 3. The van der Waals surface area contributed by atoms with Gasteiger partial charge in [-0.2, -0.15) is 0 Å². The van der Waals surface area contributed by atoms with Crippen LogP contribution in [0.3, 0.4) is 0 Å². The molecule has 0 N–H and O–H groups in total. The molecule has 0 bridgehead atoms. The molecule has 0 saturated carbocycles. The van der Waals surface area contributed by atoms with Gasteiger partial charge in [0.1, 0.15) is 0 Å². The van der Waals surface area contributed by atoms with Crippen molar-refractivity contribution in [2.45, 2.75) is 31.8 Å². The number of carbonyl (C=O) groups is 1. The van der Waals surface area contributed by atoms with Crippen molar-refractivity contribution < 1.29 is 14.3 Å². The molecular formula is C8H14O3. The minimum atomic E-state index is -0.257. The van der Waals surface area contributed by atoms with E-state index in [0.717, 1.165) is 19.4 Å². The van der Waals surface area contributed by atoms with Crippen molar-refractivity contribution in [3.63, 3.8) is 0 Å². The van der Waals surface area contributed by atoms with Gasteiger partial charge >= 0.3 is 5.97 Å². The van der Waals surface area contributed by atoms with Gasteiger partial charge in [0.25, 0.3) is 0 Å². The zero-order valence-corrected chi connectivity index (χ0v) is 7.05. The largest absolute Gasteiger partial charge is 0.469 e. The number of ether oxygens (including phenoxy) is 2. The average Bonchev–Trinajstić information content (AvgIpc) is 2.36. The van der Waals surface area contributed by atoms with Crippen LogP contribution in [0.5, 0.6) is 0 Å². The monoisotopic (exact) mass is 158 g/mol. The van der Waals surface area contributed by atoms with E-state index >= 15 is 0 Å². The Hall–Kier alpha value is -0.570. The van der Waals surface area contributed by atoms with E-state index in [-0.39, 0.29) is 11.6 Å². The third-order valence-electron chi connectivity index (χ3n) is 2.05. The van der Waals surface area contributed by atoms with Crippen LogP contribution in [0, 0.1) is 0 Å². The summed E-state index contributed by atoms with van der Waals surface area (Å²) < 4.78 is 9.97. The van der Waals surface area contributed by atoms with Crippen molar-refractivity contribution in [2.24, 2.45) is 0 Å². The third kappa shape index (κ3) is 2.19. The summed E-state index contributed by atoms with van der Waals surface area (Å²) in [5.74, 6) is -0.186. The molecule has 0 radical (unpaired) electrons. The number of hydrogen-bond donors (Lipinski definition) is 0. The maximum Gasteiger partial charge on any atom is 0.308 e. The summed E-state index contributed by atoms with van der Waals surface area (Å²) in [6, 6.07) is 0. The summed E-state index contributed by atoms with van der Waals surface area (Å²) in [4.78, 5) is 10.9. The van der Waals surface area contributed by atoms with Crippen LogP contribution >= 0.6 is 0 Å². The van der Waals surface area contributed by atoms with Crippen molar-refractivity contribution in [1.29, 1.82) is 0 Å². The average molecular weight is 158 g/mol. The van der Waals surface area contributed by atoms with Crippen molar-refractivity contribution in [3.8, 4) is 0 Å². The van der Waals surface area contributed by atoms with Gasteiger partial charge in [0, 0.05) is 6.61 Å². The smallest absolute Gasteiger partial charge is 0.308 e. The molecule has 0 aromatic carbocycles. The lowest BCUT2D eigenvalue weighted by Crippen LogP contribution is -2.27. The first-order valence-electron chi connectivity index (χ1n) is 3.87. The first kappa shape index (κ1) is 8.53. The lowest BCUT2D eigenvalue weighted by molar-refractivity contribution is -0.146. The van der Waals surface area contributed by atoms with E-state index in [4.69, 9.17) is 4.74 Å². The second-order valence-corrected chi connectivity index (χ2v) is 3.15. The fourth-order valence-electron chi connectivity index (χ4n) is 1.35. The predicted octanol–water partition coefficient (Wildman–Crippen LogP) is 1.12. The minimum absolute atomic E-state index is 0.186. The first-order chi connectivity index (χ1) is 5.16. The van der Waals surface area contributed by atoms with Crippen LogP contribution in [0.4, 0.5) is 0 Å². The van der Waals surface area contributed by atoms with Gasteiger partial charge in [0.2, 0.25) is 0 Å². The summed E-state index contributed by atoms with van der Waals surface area (Å²) in [5.41, 5.74) is -0.257. The van der Waals surface area contributed by atoms with E-state index in [9.17, 15) is 4.79 Å². The molecule has 1 heterocycles. The molecule has 0 spiro atoms. The fraction of sp³-hybridized carbons (Fsp3) is 0.875. The van der Waals surface area contributed by atoms with Crippen LogP contribution in [-0.4, -0.2) is 25.3 Å². The van der Waals surface area contributed by atoms with Gasteiger partial charge in [0.15, 0.2) is 0 Å². The molecule has 1 fully saturated rings. The Labute approximate surface area is 66.7 Å². The van der Waals surface area contributed by atoms with E-state index in [2.05, 4.69) is 4.74 Å². The van der Waals surface area contributed by atoms with E-state index in [0.29, 0.717) is 6.42 Å². The molecule has 0 aliphatic carbocycles. The second-order valence-electron chi connectivity index (χ2n) is 3.15. The second kappa shape index (κ2) is 3.22. The third-order valence-corrected chi connectivity index (χ3v) is 2.05. The topological polar surface area (TPSA) is 35.5 Å². The molecule has 11 heavy (non-hydrogen) atoms. The maximum absolute atomic E-state index is 10.9. The zero-order chi connectivity index (χ0) is 8.32. The molecule has 3 nitrogen and oxygen atoms in total. The van der Waals surface area contributed by atoms with Gasteiger partial charge in [0.05, 0.1) is 19.1 Å². The zero-order valence-electron chi connectivity index (χ0n) is 7.05. The van der Waals surface area contributed by atoms with E-state index in [1.807, 2.05) is 6.92 Å². The molecule has 1 saturated heterocycles. The SMILES string of the molecule is COC(=O)CC1(C)CCCO1. The Kier molecular flexibility index (Phi) is 2.49. The van der Waals surface area contributed by atoms with Gasteiger partial charge in [-0.3, -0.25) is 4.79 Å². The molecule has 0 aromatic heterocycles. The normalized spacial score (nSPS) is 30.4. The summed E-state index contributed by atoms with van der Waals surface area (Å²) >= 11 is 0. The Morgan fingerprint density at radius 3 is 2.91 bits per heavy atom. The molecule has 3 heteroatoms. The van der Waals surface area contributed by atoms with Gasteiger partial charge in [-0.05, 0) is 19.8 Å². The Morgan fingerprint density at radius 2 is 2.45 bits per heavy atom. The molecule has 1 rings (SSSR count). The molecule has 0 amide bonds. The quantitative estimate of drug-likeness (QED) is 0.565. The first-order valence-corrected chi connectivity index (χ1v) is 3.87. The highest BCUT2D eigenvalue weighted by molar-refractivity contribution is 5.70. The van der Waals surface area contributed by atoms with Crippen molar-refractivity contribution in [1.82, 2.24) is 0 Å². The van der Waals surface area contributed by atoms with Crippen LogP contribution in [0.25, 0.3) is 0 Å². The summed E-state index contributed by atoms with van der Waals surface area (Å²) in [7, 11) is 1.40. The number of carbonyl (C=O) groups excluding carboxylic acids is 1. The molecule has 0 aromatic rings. The number of methoxy groups -OCH3 is 1. The highest BCUT2D eigenvalue weighted by Crippen LogP contribution is 2.28. The van der Waals surface area contributed by atoms with Gasteiger partial charge in [-0.25, -0.2) is 0 Å². The van der Waals surface area contributed by atoms with E-state index < -0.39 is 0 Å². The highest BCUT2D eigenvalue weighted by atomic mass is 16.5. The molecular weight excluding hydrogens is 144 g/mol. The van der Waals surface area contributed by atoms with E-state index in [1.54, 1.807) is 0 Å². The summed E-state index contributed by atoms with van der Waals surface area (Å²) in [6.45, 7) is 2.73. The lowest BCUT2D eigenvalue weighted by Gasteiger charge is -2.20. The van der Waals surface area contributed by atoms with Crippen LogP contribution in [0.15, 0.2) is 0 Å². The van der Waals surface area contributed by atoms with Crippen molar-refractivity contribution in [2.75, 3.05) is 13.7 Å². The summed E-state index contributed by atoms with van der Waals surface area (Å²) in [5, 5.41) is 0. The van der Waals surface area contributed by atoms with Crippen LogP contribution < -0.4 is 0 Å². The van der Waals surface area contributed by atoms with Crippen LogP contribution in [0.2, 0.25) is 0 Å². The van der Waals surface area contributed by atoms with Gasteiger partial charge in [-0.15, -0.1) is 0 Å². The number of rotatable bonds is 2. The molecule has 1 aliphatic rings. The predicted molar refractivity (Wildman–Crippen MR) is 40.2 cm³/mol. The molecule has 64 valence electrons. The molecule has 1 aliphatic heterocycles. The van der Waals surface area contributed by atoms with Crippen LogP contribution in [0.1, 0.15) is 26.2 Å². The number of esters is 1. The van der Waals surface area contributed by atoms with Gasteiger partial charge in [-0.1, -0.05) is 0 Å². The maximum atomic E-state index is 10.9. The van der Waals surface area contributed by atoms with Crippen LogP contribution in [-0.2, 0) is 14.3 Å². The Bertz CT molecular complexity index is 147. The molecule has 1 unspecified atom stereocenters. The summed E-state index contributed by atoms with van der Waals surface area (Å²) in [6.07, 6.45) is 2.39. The Balaban J connectivity index is 2.39. The molecule has 1 atom stereocenters. The Morgan fingerprint density at radius 1 is 1.73 bits per heavy atom. The lowest BCUT2D eigenvalue weighted by atomic mass is 9.99. The fourth-order valence-corrected chi connectivity index (χ4v) is 1.35. The van der Waals surface area contributed by atoms with Crippen molar-refractivity contribution >= 4 is 5.97 Å². The standard InChI is InChI=1S/C8H14O3/c1-8(4-3-5-11-8)6-7(9)10-2/h3-6H2,1-2H3.